The first-order chi connectivity index (χ1) is 4.81. The Hall–Kier alpha value is 0.01000. The maximum atomic E-state index is 9.60. The third kappa shape index (κ3) is 3.27. The molecule has 0 fully saturated rings. The van der Waals surface area contributed by atoms with Gasteiger partial charge in [0.15, 0.2) is 0 Å². The number of hydrogen-bond acceptors (Lipinski definition) is 3. The van der Waals surface area contributed by atoms with E-state index in [0.717, 1.165) is 12.0 Å². The highest BCUT2D eigenvalue weighted by atomic mass is 32.2. The van der Waals surface area contributed by atoms with E-state index in [1.165, 1.54) is 0 Å². The van der Waals surface area contributed by atoms with Crippen molar-refractivity contribution in [2.24, 2.45) is 0 Å². The first kappa shape index (κ1) is 11.0. The Bertz CT molecular complexity index is 136. The Morgan fingerprint density at radius 2 is 1.82 bits per heavy atom. The predicted octanol–water partition coefficient (Wildman–Crippen LogP) is 2.34. The molecule has 3 heteroatoms. The largest absolute Gasteiger partial charge is 0.387 e. The number of rotatable bonds is 4. The van der Waals surface area contributed by atoms with Crippen molar-refractivity contribution in [3.8, 4) is 0 Å². The molecular weight excluding hydrogens is 160 g/mol. The first-order valence-corrected chi connectivity index (χ1v) is 4.29. The van der Waals surface area contributed by atoms with Gasteiger partial charge in [-0.1, -0.05) is 6.58 Å². The van der Waals surface area contributed by atoms with Gasteiger partial charge in [0, 0.05) is 12.0 Å². The normalized spacial score (nSPS) is 13.2. The van der Waals surface area contributed by atoms with Crippen molar-refractivity contribution in [1.29, 1.82) is 0 Å². The fourth-order valence-corrected chi connectivity index (χ4v) is 0.769. The molecule has 0 aromatic heterocycles. The molecule has 0 saturated carbocycles. The molecule has 66 valence electrons. The summed E-state index contributed by atoms with van der Waals surface area (Å²) in [4.78, 5) is 0. The average molecular weight is 176 g/mol. The quantitative estimate of drug-likeness (QED) is 0.667. The third-order valence-corrected chi connectivity index (χ3v) is 2.45. The molecule has 0 aromatic rings. The van der Waals surface area contributed by atoms with Crippen LogP contribution in [0.3, 0.4) is 0 Å². The van der Waals surface area contributed by atoms with Crippen molar-refractivity contribution in [2.75, 3.05) is 0 Å². The minimum absolute atomic E-state index is 0.564. The smallest absolute Gasteiger partial charge is 0.106 e. The zero-order valence-corrected chi connectivity index (χ0v) is 8.36. The first-order valence-electron chi connectivity index (χ1n) is 3.49. The molecule has 0 aliphatic rings. The molecule has 11 heavy (non-hydrogen) atoms. The van der Waals surface area contributed by atoms with Gasteiger partial charge in [0.25, 0.3) is 0 Å². The highest BCUT2D eigenvalue weighted by Crippen LogP contribution is 2.29. The van der Waals surface area contributed by atoms with Crippen LogP contribution in [-0.4, -0.2) is 16.3 Å². The second-order valence-corrected chi connectivity index (χ2v) is 4.11. The summed E-state index contributed by atoms with van der Waals surface area (Å²) in [5.41, 5.74) is -1.41. The Morgan fingerprint density at radius 3 is 2.09 bits per heavy atom. The van der Waals surface area contributed by atoms with Crippen LogP contribution in [0.2, 0.25) is 0 Å². The number of hydrogen-bond donors (Lipinski definition) is 1. The molecule has 0 aromatic carbocycles. The Balaban J connectivity index is 4.10. The highest BCUT2D eigenvalue weighted by Gasteiger charge is 2.36. The van der Waals surface area contributed by atoms with Gasteiger partial charge >= 0.3 is 0 Å². The van der Waals surface area contributed by atoms with Crippen molar-refractivity contribution in [3.63, 3.8) is 0 Å². The van der Waals surface area contributed by atoms with E-state index in [-0.39, 0.29) is 0 Å². The van der Waals surface area contributed by atoms with Crippen molar-refractivity contribution in [2.45, 2.75) is 38.9 Å². The van der Waals surface area contributed by atoms with Gasteiger partial charge in [0.2, 0.25) is 0 Å². The maximum absolute atomic E-state index is 9.60. The van der Waals surface area contributed by atoms with E-state index in [4.69, 9.17) is 4.18 Å². The molecule has 0 heterocycles. The lowest BCUT2D eigenvalue weighted by Crippen LogP contribution is -2.45. The van der Waals surface area contributed by atoms with Crippen molar-refractivity contribution < 1.29 is 9.29 Å². The maximum Gasteiger partial charge on any atom is 0.106 e. The standard InChI is InChI=1S/C8H16O2S/c1-6-11-10-8(4,5)7(2,3)9/h6,9H,1H2,2-5H3. The summed E-state index contributed by atoms with van der Waals surface area (Å²) in [6.45, 7) is 10.6. The van der Waals surface area contributed by atoms with Gasteiger partial charge < -0.3 is 9.29 Å². The summed E-state index contributed by atoms with van der Waals surface area (Å²) in [6.07, 6.45) is 0. The Kier molecular flexibility index (Phi) is 3.61. The van der Waals surface area contributed by atoms with Gasteiger partial charge in [-0.3, -0.25) is 0 Å². The molecule has 0 unspecified atom stereocenters. The van der Waals surface area contributed by atoms with Crippen LogP contribution in [0.25, 0.3) is 0 Å². The van der Waals surface area contributed by atoms with E-state index < -0.39 is 11.2 Å². The Morgan fingerprint density at radius 1 is 1.36 bits per heavy atom. The lowest BCUT2D eigenvalue weighted by atomic mass is 9.90. The molecule has 0 saturated heterocycles. The zero-order valence-electron chi connectivity index (χ0n) is 7.55. The van der Waals surface area contributed by atoms with Gasteiger partial charge in [-0.05, 0) is 33.1 Å². The molecule has 0 aliphatic heterocycles. The summed E-state index contributed by atoms with van der Waals surface area (Å²) in [5, 5.41) is 11.2. The minimum atomic E-state index is -0.844. The lowest BCUT2D eigenvalue weighted by molar-refractivity contribution is -0.0809. The molecule has 0 spiro atoms. The van der Waals surface area contributed by atoms with Crippen molar-refractivity contribution in [1.82, 2.24) is 0 Å². The van der Waals surface area contributed by atoms with Gasteiger partial charge in [0.05, 0.1) is 5.60 Å². The predicted molar refractivity (Wildman–Crippen MR) is 49.2 cm³/mol. The fourth-order valence-electron chi connectivity index (χ4n) is 0.256. The van der Waals surface area contributed by atoms with Crippen molar-refractivity contribution in [3.05, 3.63) is 12.0 Å². The average Bonchev–Trinajstić information content (AvgIpc) is 1.81. The van der Waals surface area contributed by atoms with E-state index in [9.17, 15) is 5.11 Å². The molecular formula is C8H16O2S. The topological polar surface area (TPSA) is 29.5 Å². The molecule has 0 bridgehead atoms. The fraction of sp³-hybridized carbons (Fsp3) is 0.750. The van der Waals surface area contributed by atoms with E-state index >= 15 is 0 Å². The summed E-state index contributed by atoms with van der Waals surface area (Å²) in [5.74, 6) is 0. The van der Waals surface area contributed by atoms with E-state index in [1.807, 2.05) is 13.8 Å². The van der Waals surface area contributed by atoms with Crippen LogP contribution in [0.5, 0.6) is 0 Å². The second kappa shape index (κ2) is 3.61. The van der Waals surface area contributed by atoms with E-state index in [2.05, 4.69) is 6.58 Å². The highest BCUT2D eigenvalue weighted by molar-refractivity contribution is 7.97. The molecule has 0 atom stereocenters. The molecule has 0 radical (unpaired) electrons. The monoisotopic (exact) mass is 176 g/mol. The van der Waals surface area contributed by atoms with Crippen LogP contribution in [0.15, 0.2) is 12.0 Å². The van der Waals surface area contributed by atoms with Gasteiger partial charge in [0.1, 0.15) is 5.60 Å². The Labute approximate surface area is 72.8 Å². The van der Waals surface area contributed by atoms with Crippen molar-refractivity contribution >= 4 is 12.0 Å². The van der Waals surface area contributed by atoms with Crippen LogP contribution >= 0.6 is 12.0 Å². The second-order valence-electron chi connectivity index (χ2n) is 3.42. The van der Waals surface area contributed by atoms with E-state index in [0.29, 0.717) is 0 Å². The summed E-state index contributed by atoms with van der Waals surface area (Å²) < 4.78 is 5.29. The van der Waals surface area contributed by atoms with Crippen LogP contribution in [0.4, 0.5) is 0 Å². The molecule has 0 amide bonds. The molecule has 2 nitrogen and oxygen atoms in total. The minimum Gasteiger partial charge on any atom is -0.387 e. The lowest BCUT2D eigenvalue weighted by Gasteiger charge is -2.35. The SMILES string of the molecule is C=CSOC(C)(C)C(C)(C)O. The van der Waals surface area contributed by atoms with Gasteiger partial charge in [-0.15, -0.1) is 0 Å². The summed E-state index contributed by atoms with van der Waals surface area (Å²) >= 11 is 1.15. The van der Waals surface area contributed by atoms with Crippen LogP contribution in [-0.2, 0) is 4.18 Å². The molecule has 0 rings (SSSR count). The molecule has 1 N–H and O–H groups in total. The summed E-state index contributed by atoms with van der Waals surface area (Å²) in [7, 11) is 0. The number of aliphatic hydroxyl groups is 1. The van der Waals surface area contributed by atoms with Gasteiger partial charge in [-0.2, -0.15) is 0 Å². The van der Waals surface area contributed by atoms with Crippen LogP contribution in [0, 0.1) is 0 Å². The van der Waals surface area contributed by atoms with Crippen LogP contribution in [0.1, 0.15) is 27.7 Å². The zero-order chi connectivity index (χ0) is 9.12. The van der Waals surface area contributed by atoms with Gasteiger partial charge in [-0.25, -0.2) is 0 Å². The third-order valence-electron chi connectivity index (χ3n) is 1.80. The van der Waals surface area contributed by atoms with Crippen LogP contribution < -0.4 is 0 Å². The molecule has 0 aliphatic carbocycles. The summed E-state index contributed by atoms with van der Waals surface area (Å²) in [6, 6.07) is 0. The van der Waals surface area contributed by atoms with E-state index in [1.54, 1.807) is 19.3 Å².